The van der Waals surface area contributed by atoms with Gasteiger partial charge in [-0.25, -0.2) is 9.38 Å². The van der Waals surface area contributed by atoms with E-state index in [0.29, 0.717) is 21.3 Å². The number of benzene rings is 2. The standard InChI is InChI=1S/C19H15FN2O2S/c1-2-10-22-18(24)17(11-13-6-3-4-9-16(13)20)25-19(22)21-14-7-5-8-15(23)12-14/h2-9,11-12,23H,1,10H2/b17-11-,21-19?. The second kappa shape index (κ2) is 7.36. The van der Waals surface area contributed by atoms with Crippen molar-refractivity contribution in [3.63, 3.8) is 0 Å². The summed E-state index contributed by atoms with van der Waals surface area (Å²) in [7, 11) is 0. The van der Waals surface area contributed by atoms with E-state index in [0.717, 1.165) is 11.8 Å². The molecule has 0 unspecified atom stereocenters. The highest BCUT2D eigenvalue weighted by Crippen LogP contribution is 2.34. The molecular weight excluding hydrogens is 339 g/mol. The lowest BCUT2D eigenvalue weighted by Crippen LogP contribution is -2.29. The zero-order valence-electron chi connectivity index (χ0n) is 13.2. The summed E-state index contributed by atoms with van der Waals surface area (Å²) in [6.45, 7) is 3.95. The Morgan fingerprint density at radius 3 is 2.76 bits per heavy atom. The monoisotopic (exact) mass is 354 g/mol. The van der Waals surface area contributed by atoms with Crippen LogP contribution in [0, 0.1) is 5.82 Å². The molecule has 0 spiro atoms. The number of halogens is 1. The molecule has 4 nitrogen and oxygen atoms in total. The maximum atomic E-state index is 13.9. The number of amidine groups is 1. The second-order valence-corrected chi connectivity index (χ2v) is 6.26. The fraction of sp³-hybridized carbons (Fsp3) is 0.0526. The van der Waals surface area contributed by atoms with Gasteiger partial charge in [-0.2, -0.15) is 0 Å². The molecule has 1 amide bonds. The SMILES string of the molecule is C=CCN1C(=O)/C(=C/c2ccccc2F)SC1=Nc1cccc(O)c1. The number of thioether (sulfide) groups is 1. The van der Waals surface area contributed by atoms with Gasteiger partial charge in [-0.3, -0.25) is 9.69 Å². The van der Waals surface area contributed by atoms with Crippen LogP contribution >= 0.6 is 11.8 Å². The topological polar surface area (TPSA) is 52.9 Å². The molecule has 25 heavy (non-hydrogen) atoms. The summed E-state index contributed by atoms with van der Waals surface area (Å²) < 4.78 is 13.9. The zero-order valence-corrected chi connectivity index (χ0v) is 14.0. The lowest BCUT2D eigenvalue weighted by molar-refractivity contribution is -0.121. The first-order valence-electron chi connectivity index (χ1n) is 7.53. The second-order valence-electron chi connectivity index (χ2n) is 5.25. The molecule has 1 N–H and O–H groups in total. The summed E-state index contributed by atoms with van der Waals surface area (Å²) in [5.41, 5.74) is 0.868. The maximum absolute atomic E-state index is 13.9. The molecule has 0 aromatic heterocycles. The van der Waals surface area contributed by atoms with E-state index in [4.69, 9.17) is 0 Å². The molecule has 1 aliphatic heterocycles. The van der Waals surface area contributed by atoms with Crippen molar-refractivity contribution in [3.05, 3.63) is 77.5 Å². The molecule has 3 rings (SSSR count). The Balaban J connectivity index is 1.98. The number of phenols is 1. The van der Waals surface area contributed by atoms with Crippen LogP contribution in [0.1, 0.15) is 5.56 Å². The van der Waals surface area contributed by atoms with Crippen LogP contribution in [0.4, 0.5) is 10.1 Å². The van der Waals surface area contributed by atoms with E-state index in [1.807, 2.05) is 0 Å². The molecule has 1 saturated heterocycles. The van der Waals surface area contributed by atoms with Gasteiger partial charge in [0.15, 0.2) is 5.17 Å². The third-order valence-corrected chi connectivity index (χ3v) is 4.45. The molecule has 6 heteroatoms. The average molecular weight is 354 g/mol. The van der Waals surface area contributed by atoms with E-state index in [2.05, 4.69) is 11.6 Å². The summed E-state index contributed by atoms with van der Waals surface area (Å²) in [5, 5.41) is 10.0. The number of aromatic hydroxyl groups is 1. The van der Waals surface area contributed by atoms with Gasteiger partial charge in [0.05, 0.1) is 10.6 Å². The lowest BCUT2D eigenvalue weighted by atomic mass is 10.2. The number of amides is 1. The molecule has 0 aliphatic carbocycles. The first-order chi connectivity index (χ1) is 12.1. The smallest absolute Gasteiger partial charge is 0.267 e. The molecule has 1 heterocycles. The average Bonchev–Trinajstić information content (AvgIpc) is 2.86. The van der Waals surface area contributed by atoms with E-state index in [1.54, 1.807) is 42.5 Å². The van der Waals surface area contributed by atoms with Gasteiger partial charge in [-0.15, -0.1) is 6.58 Å². The molecule has 1 aliphatic rings. The van der Waals surface area contributed by atoms with E-state index >= 15 is 0 Å². The fourth-order valence-electron chi connectivity index (χ4n) is 2.29. The van der Waals surface area contributed by atoms with Crippen LogP contribution in [-0.2, 0) is 4.79 Å². The van der Waals surface area contributed by atoms with Gasteiger partial charge >= 0.3 is 0 Å². The van der Waals surface area contributed by atoms with Crippen LogP contribution in [0.2, 0.25) is 0 Å². The Morgan fingerprint density at radius 1 is 1.24 bits per heavy atom. The Bertz CT molecular complexity index is 892. The van der Waals surface area contributed by atoms with Gasteiger partial charge in [0.2, 0.25) is 0 Å². The number of hydrogen-bond donors (Lipinski definition) is 1. The summed E-state index contributed by atoms with van der Waals surface area (Å²) >= 11 is 1.16. The highest BCUT2D eigenvalue weighted by molar-refractivity contribution is 8.18. The predicted molar refractivity (Wildman–Crippen MR) is 99.1 cm³/mol. The lowest BCUT2D eigenvalue weighted by Gasteiger charge is -2.12. The number of carbonyl (C=O) groups is 1. The molecule has 2 aromatic rings. The number of rotatable bonds is 4. The zero-order chi connectivity index (χ0) is 17.8. The van der Waals surface area contributed by atoms with Crippen molar-refractivity contribution in [2.45, 2.75) is 0 Å². The van der Waals surface area contributed by atoms with Crippen LogP contribution in [0.15, 0.2) is 71.1 Å². The predicted octanol–water partition coefficient (Wildman–Crippen LogP) is 4.32. The molecule has 0 saturated carbocycles. The van der Waals surface area contributed by atoms with Crippen molar-refractivity contribution in [1.29, 1.82) is 0 Å². The van der Waals surface area contributed by atoms with Gasteiger partial charge in [0.1, 0.15) is 11.6 Å². The van der Waals surface area contributed by atoms with E-state index in [-0.39, 0.29) is 18.2 Å². The van der Waals surface area contributed by atoms with Gasteiger partial charge in [0, 0.05) is 18.2 Å². The number of aliphatic imine (C=N–C) groups is 1. The van der Waals surface area contributed by atoms with E-state index in [9.17, 15) is 14.3 Å². The molecule has 0 radical (unpaired) electrons. The first kappa shape index (κ1) is 17.0. The van der Waals surface area contributed by atoms with Crippen molar-refractivity contribution in [3.8, 4) is 5.75 Å². The molecule has 0 atom stereocenters. The molecular formula is C19H15FN2O2S. The Hall–Kier alpha value is -2.86. The Kier molecular flexibility index (Phi) is 5.00. The minimum atomic E-state index is -0.392. The van der Waals surface area contributed by atoms with Crippen molar-refractivity contribution in [2.24, 2.45) is 4.99 Å². The number of phenolic OH excluding ortho intramolecular Hbond substituents is 1. The molecule has 1 fully saturated rings. The summed E-state index contributed by atoms with van der Waals surface area (Å²) in [5.74, 6) is -0.558. The van der Waals surface area contributed by atoms with Crippen LogP contribution in [0.3, 0.4) is 0 Å². The Labute approximate surface area is 149 Å². The normalized spacial score (nSPS) is 17.5. The molecule has 0 bridgehead atoms. The van der Waals surface area contributed by atoms with Crippen molar-refractivity contribution >= 4 is 34.6 Å². The van der Waals surface area contributed by atoms with Crippen LogP contribution in [0.5, 0.6) is 5.75 Å². The summed E-state index contributed by atoms with van der Waals surface area (Å²) in [6, 6.07) is 12.7. The van der Waals surface area contributed by atoms with Crippen molar-refractivity contribution in [2.75, 3.05) is 6.54 Å². The Morgan fingerprint density at radius 2 is 2.04 bits per heavy atom. The molecule has 126 valence electrons. The largest absolute Gasteiger partial charge is 0.508 e. The van der Waals surface area contributed by atoms with E-state index < -0.39 is 5.82 Å². The summed E-state index contributed by atoms with van der Waals surface area (Å²) in [6.07, 6.45) is 3.12. The van der Waals surface area contributed by atoms with Crippen LogP contribution < -0.4 is 0 Å². The van der Waals surface area contributed by atoms with Crippen LogP contribution in [0.25, 0.3) is 6.08 Å². The van der Waals surface area contributed by atoms with Gasteiger partial charge in [-0.05, 0) is 36.0 Å². The van der Waals surface area contributed by atoms with Crippen molar-refractivity contribution in [1.82, 2.24) is 4.90 Å². The third-order valence-electron chi connectivity index (χ3n) is 3.45. The maximum Gasteiger partial charge on any atom is 0.267 e. The minimum absolute atomic E-state index is 0.0913. The third kappa shape index (κ3) is 3.80. The van der Waals surface area contributed by atoms with Gasteiger partial charge in [0.25, 0.3) is 5.91 Å². The van der Waals surface area contributed by atoms with Crippen LogP contribution in [-0.4, -0.2) is 27.6 Å². The number of carbonyl (C=O) groups excluding carboxylic acids is 1. The minimum Gasteiger partial charge on any atom is -0.508 e. The van der Waals surface area contributed by atoms with Crippen molar-refractivity contribution < 1.29 is 14.3 Å². The van der Waals surface area contributed by atoms with Gasteiger partial charge < -0.3 is 5.11 Å². The number of nitrogens with zero attached hydrogens (tertiary/aromatic N) is 2. The molecule has 2 aromatic carbocycles. The number of hydrogen-bond acceptors (Lipinski definition) is 4. The van der Waals surface area contributed by atoms with Gasteiger partial charge in [-0.1, -0.05) is 30.3 Å². The highest BCUT2D eigenvalue weighted by atomic mass is 32.2. The quantitative estimate of drug-likeness (QED) is 0.657. The first-order valence-corrected chi connectivity index (χ1v) is 8.34. The summed E-state index contributed by atoms with van der Waals surface area (Å²) in [4.78, 5) is 18.9. The van der Waals surface area contributed by atoms with E-state index in [1.165, 1.54) is 23.1 Å². The highest BCUT2D eigenvalue weighted by Gasteiger charge is 2.32. The fourth-order valence-corrected chi connectivity index (χ4v) is 3.29.